The Morgan fingerprint density at radius 1 is 1.12 bits per heavy atom. The molecule has 0 aliphatic heterocycles. The molecule has 6 heteroatoms. The van der Waals surface area contributed by atoms with Gasteiger partial charge in [-0.25, -0.2) is 4.98 Å². The summed E-state index contributed by atoms with van der Waals surface area (Å²) in [7, 11) is 0. The normalized spacial score (nSPS) is 11.2. The quantitative estimate of drug-likeness (QED) is 0.570. The molecule has 2 heterocycles. The van der Waals surface area contributed by atoms with E-state index in [9.17, 15) is 4.79 Å². The van der Waals surface area contributed by atoms with Crippen LogP contribution in [0.4, 0.5) is 0 Å². The number of fused-ring (bicyclic) bond motifs is 1. The number of nitrogens with zero attached hydrogens (tertiary/aromatic N) is 2. The number of hydrogen-bond acceptors (Lipinski definition) is 3. The molecule has 1 amide bonds. The smallest absolute Gasteiger partial charge is 0.220 e. The number of carbonyl (C=O) groups is 1. The summed E-state index contributed by atoms with van der Waals surface area (Å²) in [5.74, 6) is 1.05. The van der Waals surface area contributed by atoms with Gasteiger partial charge in [0, 0.05) is 31.5 Å². The lowest BCUT2D eigenvalue weighted by atomic mass is 10.1. The van der Waals surface area contributed by atoms with E-state index in [1.165, 1.54) is 11.1 Å². The Balaban J connectivity index is 1.43. The molecule has 138 valence electrons. The molecule has 3 aromatic rings. The molecule has 0 unspecified atom stereocenters. The fourth-order valence-corrected chi connectivity index (χ4v) is 3.07. The van der Waals surface area contributed by atoms with Crippen molar-refractivity contribution in [1.82, 2.24) is 25.5 Å². The molecule has 3 N–H and O–H groups in total. The summed E-state index contributed by atoms with van der Waals surface area (Å²) >= 11 is 0. The van der Waals surface area contributed by atoms with Crippen LogP contribution in [-0.4, -0.2) is 32.6 Å². The Morgan fingerprint density at radius 2 is 1.92 bits per heavy atom. The number of amides is 1. The topological polar surface area (TPSA) is 86.5 Å². The predicted octanol–water partition coefficient (Wildman–Crippen LogP) is 3.20. The third-order valence-electron chi connectivity index (χ3n) is 5.08. The van der Waals surface area contributed by atoms with Gasteiger partial charge in [-0.3, -0.25) is 9.89 Å². The van der Waals surface area contributed by atoms with Crippen LogP contribution in [-0.2, 0) is 17.6 Å². The first-order chi connectivity index (χ1) is 12.5. The molecule has 2 aromatic heterocycles. The minimum atomic E-state index is 0.0705. The van der Waals surface area contributed by atoms with Gasteiger partial charge in [0.1, 0.15) is 5.82 Å². The Kier molecular flexibility index (Phi) is 5.40. The van der Waals surface area contributed by atoms with Gasteiger partial charge in [0.05, 0.1) is 16.7 Å². The number of H-pyrrole nitrogens is 2. The number of imidazole rings is 1. The van der Waals surface area contributed by atoms with E-state index >= 15 is 0 Å². The number of hydrogen-bond donors (Lipinski definition) is 3. The summed E-state index contributed by atoms with van der Waals surface area (Å²) < 4.78 is 0. The second kappa shape index (κ2) is 7.72. The minimum Gasteiger partial charge on any atom is -0.356 e. The van der Waals surface area contributed by atoms with E-state index in [2.05, 4.69) is 46.5 Å². The Morgan fingerprint density at radius 3 is 2.65 bits per heavy atom. The lowest BCUT2D eigenvalue weighted by Crippen LogP contribution is -2.25. The van der Waals surface area contributed by atoms with Crippen molar-refractivity contribution in [1.29, 1.82) is 0 Å². The number of carbonyl (C=O) groups excluding carboxylic acids is 1. The molecule has 0 radical (unpaired) electrons. The van der Waals surface area contributed by atoms with Gasteiger partial charge in [0.25, 0.3) is 0 Å². The first-order valence-electron chi connectivity index (χ1n) is 9.17. The van der Waals surface area contributed by atoms with Crippen molar-refractivity contribution >= 4 is 16.9 Å². The third-order valence-corrected chi connectivity index (χ3v) is 5.08. The van der Waals surface area contributed by atoms with Crippen molar-refractivity contribution < 1.29 is 4.79 Å². The average Bonchev–Trinajstić information content (AvgIpc) is 3.18. The van der Waals surface area contributed by atoms with Gasteiger partial charge in [-0.2, -0.15) is 5.10 Å². The molecule has 0 atom stereocenters. The van der Waals surface area contributed by atoms with Crippen molar-refractivity contribution in [3.05, 3.63) is 46.0 Å². The van der Waals surface area contributed by atoms with Gasteiger partial charge < -0.3 is 10.3 Å². The van der Waals surface area contributed by atoms with E-state index < -0.39 is 0 Å². The molecule has 0 spiro atoms. The van der Waals surface area contributed by atoms with Gasteiger partial charge >= 0.3 is 0 Å². The first kappa shape index (κ1) is 18.2. The highest BCUT2D eigenvalue weighted by molar-refractivity contribution is 5.79. The van der Waals surface area contributed by atoms with Gasteiger partial charge in [-0.15, -0.1) is 0 Å². The van der Waals surface area contributed by atoms with Crippen LogP contribution in [0.3, 0.4) is 0 Å². The van der Waals surface area contributed by atoms with E-state index in [0.717, 1.165) is 46.7 Å². The van der Waals surface area contributed by atoms with E-state index in [-0.39, 0.29) is 5.91 Å². The summed E-state index contributed by atoms with van der Waals surface area (Å²) in [6.07, 6.45) is 2.83. The van der Waals surface area contributed by atoms with E-state index in [0.29, 0.717) is 19.4 Å². The zero-order chi connectivity index (χ0) is 18.7. The van der Waals surface area contributed by atoms with Gasteiger partial charge in [0.2, 0.25) is 5.91 Å². The zero-order valence-corrected chi connectivity index (χ0v) is 16.0. The maximum absolute atomic E-state index is 12.0. The Bertz CT molecular complexity index is 922. The van der Waals surface area contributed by atoms with Crippen molar-refractivity contribution in [3.8, 4) is 0 Å². The molecule has 26 heavy (non-hydrogen) atoms. The SMILES string of the molecule is Cc1ccc2[nH]c(CCCNC(=O)CCc3n[nH]c(C)c3C)nc2c1C. The number of aromatic nitrogens is 4. The fraction of sp³-hybridized carbons (Fsp3) is 0.450. The highest BCUT2D eigenvalue weighted by Crippen LogP contribution is 2.19. The standard InChI is InChI=1S/C20H27N5O/c1-12-7-8-17-20(13(12)2)23-18(22-17)6-5-11-21-19(26)10-9-16-14(3)15(4)24-25-16/h7-8H,5-6,9-11H2,1-4H3,(H,21,26)(H,22,23)(H,24,25). The van der Waals surface area contributed by atoms with Crippen LogP contribution in [0.2, 0.25) is 0 Å². The summed E-state index contributed by atoms with van der Waals surface area (Å²) in [4.78, 5) is 20.1. The Hall–Kier alpha value is -2.63. The first-order valence-corrected chi connectivity index (χ1v) is 9.17. The molecule has 0 saturated carbocycles. The van der Waals surface area contributed by atoms with Gasteiger partial charge in [0.15, 0.2) is 0 Å². The summed E-state index contributed by atoms with van der Waals surface area (Å²) in [6.45, 7) is 8.89. The second-order valence-electron chi connectivity index (χ2n) is 6.96. The number of aromatic amines is 2. The van der Waals surface area contributed by atoms with E-state index in [1.807, 2.05) is 13.8 Å². The molecule has 6 nitrogen and oxygen atoms in total. The fourth-order valence-electron chi connectivity index (χ4n) is 3.07. The summed E-state index contributed by atoms with van der Waals surface area (Å²) in [6, 6.07) is 4.19. The van der Waals surface area contributed by atoms with Gasteiger partial charge in [-0.05, 0) is 56.9 Å². The van der Waals surface area contributed by atoms with Crippen molar-refractivity contribution in [2.45, 2.75) is 53.4 Å². The highest BCUT2D eigenvalue weighted by Gasteiger charge is 2.09. The van der Waals surface area contributed by atoms with Crippen LogP contribution in [0.25, 0.3) is 11.0 Å². The maximum atomic E-state index is 12.0. The summed E-state index contributed by atoms with van der Waals surface area (Å²) in [5, 5.41) is 10.2. The van der Waals surface area contributed by atoms with Crippen molar-refractivity contribution in [2.24, 2.45) is 0 Å². The monoisotopic (exact) mass is 353 g/mol. The number of rotatable bonds is 7. The van der Waals surface area contributed by atoms with Crippen LogP contribution in [0.15, 0.2) is 12.1 Å². The van der Waals surface area contributed by atoms with Crippen LogP contribution < -0.4 is 5.32 Å². The number of nitrogens with one attached hydrogen (secondary N) is 3. The van der Waals surface area contributed by atoms with Crippen LogP contribution in [0, 0.1) is 27.7 Å². The van der Waals surface area contributed by atoms with Crippen LogP contribution in [0.5, 0.6) is 0 Å². The molecule has 0 bridgehead atoms. The number of aryl methyl sites for hydroxylation is 5. The Labute approximate surface area is 153 Å². The van der Waals surface area contributed by atoms with E-state index in [1.54, 1.807) is 0 Å². The van der Waals surface area contributed by atoms with Crippen molar-refractivity contribution in [2.75, 3.05) is 6.54 Å². The number of benzene rings is 1. The largest absolute Gasteiger partial charge is 0.356 e. The maximum Gasteiger partial charge on any atom is 0.220 e. The summed E-state index contributed by atoms with van der Waals surface area (Å²) in [5.41, 5.74) is 7.80. The molecule has 0 aliphatic carbocycles. The minimum absolute atomic E-state index is 0.0705. The molecule has 0 fully saturated rings. The molecule has 0 saturated heterocycles. The predicted molar refractivity (Wildman–Crippen MR) is 103 cm³/mol. The average molecular weight is 353 g/mol. The van der Waals surface area contributed by atoms with Crippen LogP contribution >= 0.6 is 0 Å². The molecular weight excluding hydrogens is 326 g/mol. The zero-order valence-electron chi connectivity index (χ0n) is 16.0. The highest BCUT2D eigenvalue weighted by atomic mass is 16.1. The molecule has 3 rings (SSSR count). The van der Waals surface area contributed by atoms with E-state index in [4.69, 9.17) is 4.98 Å². The second-order valence-corrected chi connectivity index (χ2v) is 6.96. The lowest BCUT2D eigenvalue weighted by molar-refractivity contribution is -0.121. The van der Waals surface area contributed by atoms with Crippen molar-refractivity contribution in [3.63, 3.8) is 0 Å². The molecular formula is C20H27N5O. The van der Waals surface area contributed by atoms with Gasteiger partial charge in [-0.1, -0.05) is 6.07 Å². The molecule has 1 aromatic carbocycles. The third kappa shape index (κ3) is 3.95. The lowest BCUT2D eigenvalue weighted by Gasteiger charge is -2.04. The van der Waals surface area contributed by atoms with Crippen LogP contribution in [0.1, 0.15) is 46.7 Å². The molecule has 0 aliphatic rings.